The van der Waals surface area contributed by atoms with Crippen molar-refractivity contribution in [1.29, 1.82) is 0 Å². The molecule has 6 heteroatoms. The highest BCUT2D eigenvalue weighted by molar-refractivity contribution is 6.07. The predicted molar refractivity (Wildman–Crippen MR) is 121 cm³/mol. The van der Waals surface area contributed by atoms with Crippen LogP contribution in [-0.2, 0) is 0 Å². The van der Waals surface area contributed by atoms with Crippen LogP contribution in [0.1, 0.15) is 41.5 Å². The average Bonchev–Trinajstić information content (AvgIpc) is 2.75. The molecule has 2 amide bonds. The predicted octanol–water partition coefficient (Wildman–Crippen LogP) is 4.82. The molecule has 1 aromatic heterocycles. The Morgan fingerprint density at radius 3 is 2.13 bits per heavy atom. The van der Waals surface area contributed by atoms with Gasteiger partial charge in [-0.1, -0.05) is 6.07 Å². The van der Waals surface area contributed by atoms with Gasteiger partial charge in [0.15, 0.2) is 0 Å². The van der Waals surface area contributed by atoms with E-state index in [9.17, 15) is 9.59 Å². The second-order valence-corrected chi connectivity index (χ2v) is 7.15. The van der Waals surface area contributed by atoms with E-state index < -0.39 is 0 Å². The van der Waals surface area contributed by atoms with E-state index in [1.165, 1.54) is 0 Å². The van der Waals surface area contributed by atoms with Crippen molar-refractivity contribution in [2.24, 2.45) is 0 Å². The van der Waals surface area contributed by atoms with Gasteiger partial charge >= 0.3 is 0 Å². The van der Waals surface area contributed by atoms with Crippen molar-refractivity contribution in [1.82, 2.24) is 4.98 Å². The molecule has 0 saturated carbocycles. The number of nitrogens with zero attached hydrogens (tertiary/aromatic N) is 2. The van der Waals surface area contributed by atoms with E-state index in [1.807, 2.05) is 24.3 Å². The first-order valence-corrected chi connectivity index (χ1v) is 9.97. The van der Waals surface area contributed by atoms with Gasteiger partial charge in [0.05, 0.1) is 0 Å². The number of rotatable bonds is 7. The van der Waals surface area contributed by atoms with Gasteiger partial charge in [-0.05, 0) is 75.4 Å². The number of benzene rings is 2. The number of amides is 2. The van der Waals surface area contributed by atoms with Crippen LogP contribution < -0.4 is 15.5 Å². The van der Waals surface area contributed by atoms with Crippen LogP contribution in [0.15, 0.2) is 73.1 Å². The molecule has 0 aliphatic carbocycles. The molecule has 30 heavy (non-hydrogen) atoms. The van der Waals surface area contributed by atoms with Crippen LogP contribution in [0.5, 0.6) is 0 Å². The van der Waals surface area contributed by atoms with E-state index in [0.29, 0.717) is 28.5 Å². The number of carbonyl (C=O) groups excluding carboxylic acids is 2. The normalized spacial score (nSPS) is 10.5. The Balaban J connectivity index is 1.68. The summed E-state index contributed by atoms with van der Waals surface area (Å²) in [6, 6.07) is 18.2. The van der Waals surface area contributed by atoms with Gasteiger partial charge in [0.2, 0.25) is 0 Å². The number of carbonyl (C=O) groups is 2. The topological polar surface area (TPSA) is 74.3 Å². The fourth-order valence-corrected chi connectivity index (χ4v) is 3.23. The number of hydrogen-bond acceptors (Lipinski definition) is 4. The highest BCUT2D eigenvalue weighted by Gasteiger charge is 2.12. The minimum absolute atomic E-state index is 0.221. The van der Waals surface area contributed by atoms with Crippen LogP contribution in [0.25, 0.3) is 0 Å². The Bertz CT molecular complexity index is 1000. The standard InChI is InChI=1S/C24H26N4O2/c1-4-28(17(2)3)22-10-8-18(9-11-22)23(29)27-21-7-5-6-19(16-21)24(30)26-20-12-14-25-15-13-20/h5-17H,4H2,1-3H3,(H,27,29)(H,25,26,30). The van der Waals surface area contributed by atoms with Gasteiger partial charge in [-0.2, -0.15) is 0 Å². The zero-order chi connectivity index (χ0) is 21.5. The van der Waals surface area contributed by atoms with Crippen LogP contribution in [-0.4, -0.2) is 29.4 Å². The SMILES string of the molecule is CCN(c1ccc(C(=O)Nc2cccc(C(=O)Nc3ccncc3)c2)cc1)C(C)C. The summed E-state index contributed by atoms with van der Waals surface area (Å²) in [6.07, 6.45) is 3.22. The summed E-state index contributed by atoms with van der Waals surface area (Å²) in [5.74, 6) is -0.476. The summed E-state index contributed by atoms with van der Waals surface area (Å²) >= 11 is 0. The van der Waals surface area contributed by atoms with Crippen molar-refractivity contribution in [2.45, 2.75) is 26.8 Å². The largest absolute Gasteiger partial charge is 0.369 e. The van der Waals surface area contributed by atoms with Crippen LogP contribution in [0.2, 0.25) is 0 Å². The van der Waals surface area contributed by atoms with E-state index in [2.05, 4.69) is 41.3 Å². The molecule has 2 N–H and O–H groups in total. The summed E-state index contributed by atoms with van der Waals surface area (Å²) in [5, 5.41) is 5.67. The van der Waals surface area contributed by atoms with E-state index in [-0.39, 0.29) is 11.8 Å². The first-order chi connectivity index (χ1) is 14.5. The Kier molecular flexibility index (Phi) is 6.80. The summed E-state index contributed by atoms with van der Waals surface area (Å²) in [7, 11) is 0. The second kappa shape index (κ2) is 9.69. The molecule has 0 bridgehead atoms. The van der Waals surface area contributed by atoms with Crippen molar-refractivity contribution in [3.05, 3.63) is 84.2 Å². The smallest absolute Gasteiger partial charge is 0.255 e. The molecule has 3 rings (SSSR count). The highest BCUT2D eigenvalue weighted by atomic mass is 16.2. The maximum Gasteiger partial charge on any atom is 0.255 e. The first-order valence-electron chi connectivity index (χ1n) is 9.97. The number of pyridine rings is 1. The number of anilines is 3. The highest BCUT2D eigenvalue weighted by Crippen LogP contribution is 2.19. The fraction of sp³-hybridized carbons (Fsp3) is 0.208. The molecular weight excluding hydrogens is 376 g/mol. The summed E-state index contributed by atoms with van der Waals surface area (Å²) in [6.45, 7) is 7.29. The Morgan fingerprint density at radius 2 is 1.50 bits per heavy atom. The molecule has 2 aromatic carbocycles. The van der Waals surface area contributed by atoms with Crippen LogP contribution in [0.3, 0.4) is 0 Å². The number of aromatic nitrogens is 1. The molecule has 0 spiro atoms. The Hall–Kier alpha value is -3.67. The molecule has 1 heterocycles. The third-order valence-electron chi connectivity index (χ3n) is 4.75. The molecule has 0 aliphatic rings. The van der Waals surface area contributed by atoms with Gasteiger partial charge in [-0.25, -0.2) is 0 Å². The summed E-state index contributed by atoms with van der Waals surface area (Å²) in [5.41, 5.74) is 3.32. The molecule has 3 aromatic rings. The molecule has 0 aliphatic heterocycles. The Labute approximate surface area is 177 Å². The van der Waals surface area contributed by atoms with Crippen molar-refractivity contribution >= 4 is 28.9 Å². The maximum atomic E-state index is 12.6. The van der Waals surface area contributed by atoms with E-state index in [1.54, 1.807) is 48.8 Å². The van der Waals surface area contributed by atoms with Gasteiger partial charge in [-0.15, -0.1) is 0 Å². The second-order valence-electron chi connectivity index (χ2n) is 7.15. The molecule has 6 nitrogen and oxygen atoms in total. The quantitative estimate of drug-likeness (QED) is 0.594. The monoisotopic (exact) mass is 402 g/mol. The lowest BCUT2D eigenvalue weighted by molar-refractivity contribution is 0.101. The molecule has 0 unspecified atom stereocenters. The van der Waals surface area contributed by atoms with E-state index in [4.69, 9.17) is 0 Å². The molecule has 0 fully saturated rings. The van der Waals surface area contributed by atoms with Crippen molar-refractivity contribution in [3.63, 3.8) is 0 Å². The van der Waals surface area contributed by atoms with Gasteiger partial charge in [-0.3, -0.25) is 14.6 Å². The van der Waals surface area contributed by atoms with Crippen molar-refractivity contribution in [3.8, 4) is 0 Å². The first kappa shape index (κ1) is 21.0. The van der Waals surface area contributed by atoms with Crippen LogP contribution in [0.4, 0.5) is 17.1 Å². The minimum Gasteiger partial charge on any atom is -0.369 e. The molecule has 154 valence electrons. The van der Waals surface area contributed by atoms with Gasteiger partial charge in [0.25, 0.3) is 11.8 Å². The summed E-state index contributed by atoms with van der Waals surface area (Å²) < 4.78 is 0. The minimum atomic E-state index is -0.255. The number of hydrogen-bond donors (Lipinski definition) is 2. The van der Waals surface area contributed by atoms with Gasteiger partial charge in [0, 0.05) is 53.2 Å². The molecule has 0 saturated heterocycles. The van der Waals surface area contributed by atoms with Crippen molar-refractivity contribution < 1.29 is 9.59 Å². The van der Waals surface area contributed by atoms with Crippen LogP contribution >= 0.6 is 0 Å². The van der Waals surface area contributed by atoms with Crippen LogP contribution in [0, 0.1) is 0 Å². The lowest BCUT2D eigenvalue weighted by Crippen LogP contribution is -2.30. The summed E-state index contributed by atoms with van der Waals surface area (Å²) in [4.78, 5) is 31.3. The number of nitrogens with one attached hydrogen (secondary N) is 2. The Morgan fingerprint density at radius 1 is 0.867 bits per heavy atom. The van der Waals surface area contributed by atoms with Gasteiger partial charge in [0.1, 0.15) is 0 Å². The van der Waals surface area contributed by atoms with E-state index >= 15 is 0 Å². The molecular formula is C24H26N4O2. The average molecular weight is 402 g/mol. The van der Waals surface area contributed by atoms with E-state index in [0.717, 1.165) is 12.2 Å². The third kappa shape index (κ3) is 5.23. The van der Waals surface area contributed by atoms with Crippen molar-refractivity contribution in [2.75, 3.05) is 22.1 Å². The zero-order valence-corrected chi connectivity index (χ0v) is 17.4. The fourth-order valence-electron chi connectivity index (χ4n) is 3.23. The molecule has 0 atom stereocenters. The van der Waals surface area contributed by atoms with Gasteiger partial charge < -0.3 is 15.5 Å². The maximum absolute atomic E-state index is 12.6. The molecule has 0 radical (unpaired) electrons. The zero-order valence-electron chi connectivity index (χ0n) is 17.4. The lowest BCUT2D eigenvalue weighted by atomic mass is 10.1. The third-order valence-corrected chi connectivity index (χ3v) is 4.75. The lowest BCUT2D eigenvalue weighted by Gasteiger charge is -2.27.